The van der Waals surface area contributed by atoms with E-state index in [1.165, 1.54) is 20.8 Å². The molecular formula is C29H39NO10S. The fourth-order valence-corrected chi connectivity index (χ4v) is 5.04. The van der Waals surface area contributed by atoms with Gasteiger partial charge in [0.05, 0.1) is 32.2 Å². The number of benzene rings is 2. The summed E-state index contributed by atoms with van der Waals surface area (Å²) in [5.74, 6) is -2.69. The van der Waals surface area contributed by atoms with Gasteiger partial charge in [-0.2, -0.15) is 8.42 Å². The normalized spacial score (nSPS) is 13.2. The Morgan fingerprint density at radius 1 is 0.927 bits per heavy atom. The first-order valence-electron chi connectivity index (χ1n) is 13.2. The van der Waals surface area contributed by atoms with Gasteiger partial charge in [0.2, 0.25) is 5.91 Å². The average Bonchev–Trinajstić information content (AvgIpc) is 2.93. The van der Waals surface area contributed by atoms with Crippen LogP contribution in [0, 0.1) is 5.41 Å². The second kappa shape index (κ2) is 16.2. The number of aliphatic carboxylic acids is 1. The van der Waals surface area contributed by atoms with Gasteiger partial charge in [0.25, 0.3) is 10.1 Å². The number of carbonyl (C=O) groups excluding carboxylic acids is 2. The number of carbonyl (C=O) groups is 3. The van der Waals surface area contributed by atoms with Crippen LogP contribution >= 0.6 is 0 Å². The topological polar surface area (TPSA) is 155 Å². The highest BCUT2D eigenvalue weighted by Crippen LogP contribution is 2.39. The number of carboxylic acid groups (broad SMARTS) is 1. The number of amides is 1. The van der Waals surface area contributed by atoms with Crippen LogP contribution < -0.4 is 5.32 Å². The van der Waals surface area contributed by atoms with E-state index in [4.69, 9.17) is 18.4 Å². The molecule has 0 aliphatic heterocycles. The summed E-state index contributed by atoms with van der Waals surface area (Å²) in [6, 6.07) is 18.2. The number of ether oxygens (including phenoxy) is 3. The molecule has 1 amide bonds. The highest BCUT2D eigenvalue weighted by atomic mass is 32.2. The highest BCUT2D eigenvalue weighted by molar-refractivity contribution is 7.86. The Morgan fingerprint density at radius 3 is 2.07 bits per heavy atom. The maximum absolute atomic E-state index is 12.8. The lowest BCUT2D eigenvalue weighted by molar-refractivity contribution is -0.198. The Labute approximate surface area is 241 Å². The number of esters is 1. The number of carboxylic acids is 1. The molecule has 0 aliphatic rings. The second-order valence-corrected chi connectivity index (χ2v) is 11.9. The smallest absolute Gasteiger partial charge is 0.336 e. The summed E-state index contributed by atoms with van der Waals surface area (Å²) in [5.41, 5.74) is -1.80. The zero-order chi connectivity index (χ0) is 30.4. The van der Waals surface area contributed by atoms with Gasteiger partial charge in [-0.05, 0) is 17.5 Å². The van der Waals surface area contributed by atoms with Crippen LogP contribution in [0.15, 0.2) is 60.7 Å². The van der Waals surface area contributed by atoms with Crippen LogP contribution in [-0.4, -0.2) is 69.1 Å². The molecule has 0 heterocycles. The van der Waals surface area contributed by atoms with Crippen LogP contribution in [0.2, 0.25) is 0 Å². The summed E-state index contributed by atoms with van der Waals surface area (Å²) in [6.45, 7) is 3.47. The van der Waals surface area contributed by atoms with E-state index in [1.54, 1.807) is 24.3 Å². The maximum atomic E-state index is 12.8. The fraction of sp³-hybridized carbons (Fsp3) is 0.483. The van der Waals surface area contributed by atoms with Gasteiger partial charge < -0.3 is 24.6 Å². The minimum Gasteiger partial charge on any atom is -0.479 e. The summed E-state index contributed by atoms with van der Waals surface area (Å²) >= 11 is 0. The molecule has 12 heteroatoms. The lowest BCUT2D eigenvalue weighted by Gasteiger charge is -2.42. The molecule has 0 saturated carbocycles. The fourth-order valence-electron chi connectivity index (χ4n) is 3.95. The van der Waals surface area contributed by atoms with Crippen LogP contribution in [-0.2, 0) is 56.1 Å². The third kappa shape index (κ3) is 11.6. The summed E-state index contributed by atoms with van der Waals surface area (Å²) < 4.78 is 46.9. The Balaban J connectivity index is 2.08. The van der Waals surface area contributed by atoms with Gasteiger partial charge in [-0.25, -0.2) is 9.59 Å². The molecule has 41 heavy (non-hydrogen) atoms. The number of hydrogen-bond acceptors (Lipinski definition) is 9. The minimum absolute atomic E-state index is 0.0891. The largest absolute Gasteiger partial charge is 0.479 e. The molecule has 2 aromatic carbocycles. The van der Waals surface area contributed by atoms with Crippen molar-refractivity contribution in [1.29, 1.82) is 0 Å². The van der Waals surface area contributed by atoms with E-state index in [-0.39, 0.29) is 57.5 Å². The van der Waals surface area contributed by atoms with Crippen molar-refractivity contribution in [3.05, 3.63) is 71.8 Å². The Kier molecular flexibility index (Phi) is 13.4. The third-order valence-electron chi connectivity index (χ3n) is 6.36. The molecule has 0 spiro atoms. The van der Waals surface area contributed by atoms with Crippen molar-refractivity contribution in [3.8, 4) is 0 Å². The Bertz CT molecular complexity index is 1220. The summed E-state index contributed by atoms with van der Waals surface area (Å²) in [6.07, 6.45) is -0.155. The van der Waals surface area contributed by atoms with Crippen LogP contribution in [0.5, 0.6) is 0 Å². The minimum atomic E-state index is -4.03. The number of nitrogens with one attached hydrogen (secondary N) is 1. The van der Waals surface area contributed by atoms with Gasteiger partial charge in [-0.3, -0.25) is 8.98 Å². The van der Waals surface area contributed by atoms with Crippen LogP contribution in [0.1, 0.15) is 44.7 Å². The second-order valence-electron chi connectivity index (χ2n) is 10.1. The molecule has 1 atom stereocenters. The van der Waals surface area contributed by atoms with E-state index in [9.17, 15) is 27.9 Å². The molecule has 0 fully saturated rings. The van der Waals surface area contributed by atoms with Gasteiger partial charge in [0.1, 0.15) is 6.61 Å². The predicted molar refractivity (Wildman–Crippen MR) is 150 cm³/mol. The zero-order valence-corrected chi connectivity index (χ0v) is 24.5. The number of rotatable bonds is 19. The maximum Gasteiger partial charge on any atom is 0.336 e. The van der Waals surface area contributed by atoms with Crippen molar-refractivity contribution >= 4 is 28.0 Å². The molecular weight excluding hydrogens is 554 g/mol. The lowest BCUT2D eigenvalue weighted by atomic mass is 9.73. The van der Waals surface area contributed by atoms with Crippen molar-refractivity contribution in [3.63, 3.8) is 0 Å². The SMILES string of the molecule is CC(=O)NCCCS(=O)(=O)OCC(C)(C)[C@@](CCOC(=O)COCc1ccccc1)(OCc1ccccc1)C(=O)O. The molecule has 11 nitrogen and oxygen atoms in total. The van der Waals surface area contributed by atoms with E-state index in [1.807, 2.05) is 36.4 Å². The molecule has 0 saturated heterocycles. The first-order chi connectivity index (χ1) is 19.4. The molecule has 0 aromatic heterocycles. The molecule has 2 aromatic rings. The third-order valence-corrected chi connectivity index (χ3v) is 7.63. The van der Waals surface area contributed by atoms with Crippen molar-refractivity contribution in [1.82, 2.24) is 5.32 Å². The van der Waals surface area contributed by atoms with Crippen molar-refractivity contribution in [2.24, 2.45) is 5.41 Å². The first-order valence-corrected chi connectivity index (χ1v) is 14.7. The Morgan fingerprint density at radius 2 is 1.51 bits per heavy atom. The van der Waals surface area contributed by atoms with Crippen molar-refractivity contribution < 1.29 is 46.3 Å². The first kappa shape index (κ1) is 33.9. The monoisotopic (exact) mass is 593 g/mol. The van der Waals surface area contributed by atoms with Crippen LogP contribution in [0.3, 0.4) is 0 Å². The quantitative estimate of drug-likeness (QED) is 0.141. The van der Waals surface area contributed by atoms with Gasteiger partial charge in [-0.15, -0.1) is 0 Å². The van der Waals surface area contributed by atoms with Gasteiger partial charge >= 0.3 is 11.9 Å². The van der Waals surface area contributed by atoms with Gasteiger partial charge in [0.15, 0.2) is 5.60 Å². The van der Waals surface area contributed by atoms with Crippen LogP contribution in [0.4, 0.5) is 0 Å². The van der Waals surface area contributed by atoms with Crippen molar-refractivity contribution in [2.75, 3.05) is 32.1 Å². The molecule has 226 valence electrons. The standard InChI is InChI=1S/C29H39NO10S/c1-23(31)30-16-10-18-41(35,36)40-22-28(2,3)29(27(33)34,39-20-25-13-8-5-9-14-25)15-17-38-26(32)21-37-19-24-11-6-4-7-12-24/h4-9,11-14H,10,15-22H2,1-3H3,(H,30,31)(H,33,34)/t29-/m0/s1. The average molecular weight is 594 g/mol. The molecule has 0 radical (unpaired) electrons. The number of hydrogen-bond donors (Lipinski definition) is 2. The highest BCUT2D eigenvalue weighted by Gasteiger charge is 2.53. The van der Waals surface area contributed by atoms with E-state index in [0.29, 0.717) is 5.56 Å². The molecule has 0 aliphatic carbocycles. The van der Waals surface area contributed by atoms with E-state index in [2.05, 4.69) is 5.32 Å². The summed E-state index contributed by atoms with van der Waals surface area (Å²) in [5, 5.41) is 12.9. The zero-order valence-electron chi connectivity index (χ0n) is 23.7. The van der Waals surface area contributed by atoms with Gasteiger partial charge in [0, 0.05) is 25.3 Å². The van der Waals surface area contributed by atoms with E-state index >= 15 is 0 Å². The van der Waals surface area contributed by atoms with Gasteiger partial charge in [-0.1, -0.05) is 74.5 Å². The van der Waals surface area contributed by atoms with E-state index in [0.717, 1.165) is 5.56 Å². The Hall–Kier alpha value is -3.32. The van der Waals surface area contributed by atoms with Crippen LogP contribution in [0.25, 0.3) is 0 Å². The summed E-state index contributed by atoms with van der Waals surface area (Å²) in [7, 11) is -4.03. The van der Waals surface area contributed by atoms with Crippen molar-refractivity contribution in [2.45, 2.75) is 52.4 Å². The summed E-state index contributed by atoms with van der Waals surface area (Å²) in [4.78, 5) is 36.0. The van der Waals surface area contributed by atoms with E-state index < -0.39 is 39.7 Å². The molecule has 0 unspecified atom stereocenters. The molecule has 2 rings (SSSR count). The molecule has 2 N–H and O–H groups in total. The molecule has 0 bridgehead atoms. The predicted octanol–water partition coefficient (Wildman–Crippen LogP) is 3.08. The lowest BCUT2D eigenvalue weighted by Crippen LogP contribution is -2.56.